The molecule has 140 valence electrons. The highest BCUT2D eigenvalue weighted by atomic mass is 16.5. The number of amides is 1. The fourth-order valence-electron chi connectivity index (χ4n) is 3.14. The first kappa shape index (κ1) is 18.1. The predicted octanol–water partition coefficient (Wildman–Crippen LogP) is 0.598. The number of ether oxygens (including phenoxy) is 1. The van der Waals surface area contributed by atoms with Crippen LogP contribution < -0.4 is 15.1 Å². The molecule has 1 aliphatic heterocycles. The summed E-state index contributed by atoms with van der Waals surface area (Å²) in [4.78, 5) is 25.2. The molecule has 0 unspecified atom stereocenters. The minimum Gasteiger partial charge on any atom is -0.380 e. The maximum absolute atomic E-state index is 12.4. The van der Waals surface area contributed by atoms with Crippen LogP contribution in [0.5, 0.6) is 0 Å². The van der Waals surface area contributed by atoms with Gasteiger partial charge < -0.3 is 19.9 Å². The first-order valence-electron chi connectivity index (χ1n) is 8.56. The molecule has 1 saturated heterocycles. The number of hydrogen-bond acceptors (Lipinski definition) is 7. The summed E-state index contributed by atoms with van der Waals surface area (Å²) in [7, 11) is 5.60. The number of methoxy groups -OCH3 is 1. The van der Waals surface area contributed by atoms with Crippen LogP contribution >= 0.6 is 0 Å². The largest absolute Gasteiger partial charge is 0.380 e. The minimum atomic E-state index is -0.131. The average Bonchev–Trinajstić information content (AvgIpc) is 3.25. The lowest BCUT2D eigenvalue weighted by molar-refractivity contribution is 0.0946. The maximum atomic E-state index is 12.4. The van der Waals surface area contributed by atoms with Crippen molar-refractivity contribution in [1.82, 2.24) is 25.5 Å². The van der Waals surface area contributed by atoms with E-state index in [1.807, 2.05) is 32.0 Å². The highest BCUT2D eigenvalue weighted by Gasteiger charge is 2.33. The van der Waals surface area contributed by atoms with E-state index in [-0.39, 0.29) is 18.1 Å². The summed E-state index contributed by atoms with van der Waals surface area (Å²) in [5.41, 5.74) is 1.32. The highest BCUT2D eigenvalue weighted by Crippen LogP contribution is 2.26. The minimum absolute atomic E-state index is 0.0982. The molecular formula is C17H25N7O2. The van der Waals surface area contributed by atoms with Crippen molar-refractivity contribution < 1.29 is 9.53 Å². The van der Waals surface area contributed by atoms with Crippen LogP contribution in [0, 0.1) is 6.92 Å². The van der Waals surface area contributed by atoms with Crippen LogP contribution in [0.25, 0.3) is 0 Å². The Morgan fingerprint density at radius 3 is 2.92 bits per heavy atom. The molecule has 9 heteroatoms. The molecule has 1 aliphatic rings. The zero-order valence-electron chi connectivity index (χ0n) is 15.6. The van der Waals surface area contributed by atoms with Crippen LogP contribution in [0.15, 0.2) is 18.6 Å². The van der Waals surface area contributed by atoms with Gasteiger partial charge in [-0.2, -0.15) is 5.10 Å². The van der Waals surface area contributed by atoms with Gasteiger partial charge in [0.1, 0.15) is 18.0 Å². The van der Waals surface area contributed by atoms with Crippen molar-refractivity contribution in [3.63, 3.8) is 0 Å². The molecule has 0 spiro atoms. The molecule has 2 N–H and O–H groups in total. The fourth-order valence-corrected chi connectivity index (χ4v) is 3.14. The number of carbonyl (C=O) groups excluding carboxylic acids is 1. The smallest absolute Gasteiger partial charge is 0.254 e. The number of nitrogens with one attached hydrogen (secondary N) is 2. The van der Waals surface area contributed by atoms with E-state index in [0.717, 1.165) is 30.3 Å². The van der Waals surface area contributed by atoms with E-state index in [9.17, 15) is 4.79 Å². The summed E-state index contributed by atoms with van der Waals surface area (Å²) >= 11 is 0. The SMILES string of the molecule is CO[C@H]1C[C@@H](CNC(=O)c2cn[nH]c2C)N(c2cc(N(C)C)ncn2)C1. The second-order valence-corrected chi connectivity index (χ2v) is 6.65. The predicted molar refractivity (Wildman–Crippen MR) is 98.6 cm³/mol. The summed E-state index contributed by atoms with van der Waals surface area (Å²) in [5.74, 6) is 1.54. The third-order valence-electron chi connectivity index (χ3n) is 4.67. The van der Waals surface area contributed by atoms with E-state index in [1.54, 1.807) is 19.6 Å². The van der Waals surface area contributed by atoms with Crippen molar-refractivity contribution in [3.8, 4) is 0 Å². The Labute approximate surface area is 152 Å². The second kappa shape index (κ2) is 7.69. The van der Waals surface area contributed by atoms with Crippen LogP contribution in [0.3, 0.4) is 0 Å². The van der Waals surface area contributed by atoms with Crippen molar-refractivity contribution in [2.75, 3.05) is 44.1 Å². The first-order chi connectivity index (χ1) is 12.5. The first-order valence-corrected chi connectivity index (χ1v) is 8.56. The molecule has 2 atom stereocenters. The Bertz CT molecular complexity index is 761. The number of aromatic nitrogens is 4. The molecule has 0 aliphatic carbocycles. The molecule has 0 saturated carbocycles. The molecule has 2 aromatic heterocycles. The monoisotopic (exact) mass is 359 g/mol. The molecule has 9 nitrogen and oxygen atoms in total. The lowest BCUT2D eigenvalue weighted by Crippen LogP contribution is -2.40. The molecule has 0 radical (unpaired) electrons. The lowest BCUT2D eigenvalue weighted by atomic mass is 10.2. The zero-order valence-corrected chi connectivity index (χ0v) is 15.6. The van der Waals surface area contributed by atoms with E-state index in [2.05, 4.69) is 30.4 Å². The van der Waals surface area contributed by atoms with Gasteiger partial charge in [0.05, 0.1) is 23.9 Å². The maximum Gasteiger partial charge on any atom is 0.254 e. The van der Waals surface area contributed by atoms with Gasteiger partial charge in [-0.1, -0.05) is 0 Å². The van der Waals surface area contributed by atoms with Crippen LogP contribution in [-0.2, 0) is 4.74 Å². The number of rotatable bonds is 6. The van der Waals surface area contributed by atoms with Gasteiger partial charge in [-0.15, -0.1) is 0 Å². The summed E-state index contributed by atoms with van der Waals surface area (Å²) < 4.78 is 5.55. The Morgan fingerprint density at radius 2 is 2.27 bits per heavy atom. The van der Waals surface area contributed by atoms with Gasteiger partial charge in [-0.25, -0.2) is 9.97 Å². The van der Waals surface area contributed by atoms with Crippen molar-refractivity contribution in [3.05, 3.63) is 29.8 Å². The summed E-state index contributed by atoms with van der Waals surface area (Å²) in [6.45, 7) is 3.06. The van der Waals surface area contributed by atoms with Gasteiger partial charge in [0.25, 0.3) is 5.91 Å². The van der Waals surface area contributed by atoms with E-state index in [1.165, 1.54) is 0 Å². The lowest BCUT2D eigenvalue weighted by Gasteiger charge is -2.26. The highest BCUT2D eigenvalue weighted by molar-refractivity contribution is 5.94. The molecule has 26 heavy (non-hydrogen) atoms. The van der Waals surface area contributed by atoms with Gasteiger partial charge in [-0.05, 0) is 13.3 Å². The van der Waals surface area contributed by atoms with Gasteiger partial charge in [0.2, 0.25) is 0 Å². The standard InChI is InChI=1S/C17H25N7O2/c1-11-14(8-21-22-11)17(25)18-7-12-5-13(26-4)9-24(12)16-6-15(23(2)3)19-10-20-16/h6,8,10,12-13H,5,7,9H2,1-4H3,(H,18,25)(H,21,22)/t12-,13-/m0/s1. The quantitative estimate of drug-likeness (QED) is 0.779. The molecule has 3 rings (SSSR count). The molecule has 0 bridgehead atoms. The summed E-state index contributed by atoms with van der Waals surface area (Å²) in [5, 5.41) is 9.68. The number of anilines is 2. The third kappa shape index (κ3) is 3.77. The summed E-state index contributed by atoms with van der Waals surface area (Å²) in [6, 6.07) is 2.05. The third-order valence-corrected chi connectivity index (χ3v) is 4.67. The van der Waals surface area contributed by atoms with Crippen molar-refractivity contribution in [2.24, 2.45) is 0 Å². The molecule has 1 amide bonds. The second-order valence-electron chi connectivity index (χ2n) is 6.65. The number of carbonyl (C=O) groups is 1. The van der Waals surface area contributed by atoms with E-state index in [4.69, 9.17) is 4.74 Å². The van der Waals surface area contributed by atoms with Gasteiger partial charge in [0, 0.05) is 46.1 Å². The van der Waals surface area contributed by atoms with Crippen LogP contribution in [0.1, 0.15) is 22.5 Å². The van der Waals surface area contributed by atoms with Gasteiger partial charge in [0.15, 0.2) is 0 Å². The van der Waals surface area contributed by atoms with Crippen LogP contribution in [-0.4, -0.2) is 72.5 Å². The van der Waals surface area contributed by atoms with Gasteiger partial charge in [-0.3, -0.25) is 9.89 Å². The zero-order chi connectivity index (χ0) is 18.7. The normalized spacial score (nSPS) is 19.6. The van der Waals surface area contributed by atoms with E-state index in [0.29, 0.717) is 12.1 Å². The number of aryl methyl sites for hydroxylation is 1. The Balaban J connectivity index is 1.73. The summed E-state index contributed by atoms with van der Waals surface area (Å²) in [6.07, 6.45) is 4.03. The van der Waals surface area contributed by atoms with Gasteiger partial charge >= 0.3 is 0 Å². The number of hydrogen-bond donors (Lipinski definition) is 2. The van der Waals surface area contributed by atoms with E-state index >= 15 is 0 Å². The number of H-pyrrole nitrogens is 1. The van der Waals surface area contributed by atoms with Crippen LogP contribution in [0.2, 0.25) is 0 Å². The molecule has 0 aromatic carbocycles. The Hall–Kier alpha value is -2.68. The molecule has 3 heterocycles. The number of nitrogens with zero attached hydrogens (tertiary/aromatic N) is 5. The van der Waals surface area contributed by atoms with Crippen LogP contribution in [0.4, 0.5) is 11.6 Å². The van der Waals surface area contributed by atoms with E-state index < -0.39 is 0 Å². The average molecular weight is 359 g/mol. The van der Waals surface area contributed by atoms with Crippen molar-refractivity contribution in [1.29, 1.82) is 0 Å². The molecule has 1 fully saturated rings. The van der Waals surface area contributed by atoms with Crippen molar-refractivity contribution in [2.45, 2.75) is 25.5 Å². The molecule has 2 aromatic rings. The number of aromatic amines is 1. The molecular weight excluding hydrogens is 334 g/mol. The fraction of sp³-hybridized carbons (Fsp3) is 0.529. The Kier molecular flexibility index (Phi) is 5.36. The Morgan fingerprint density at radius 1 is 1.46 bits per heavy atom. The van der Waals surface area contributed by atoms with Crippen molar-refractivity contribution >= 4 is 17.5 Å². The topological polar surface area (TPSA) is 99.3 Å².